The second-order valence-corrected chi connectivity index (χ2v) is 6.42. The normalized spacial score (nSPS) is 11.3. The van der Waals surface area contributed by atoms with Gasteiger partial charge in [-0.15, -0.1) is 0 Å². The summed E-state index contributed by atoms with van der Waals surface area (Å²) in [6.45, 7) is 0. The first kappa shape index (κ1) is 14.7. The molecule has 0 fully saturated rings. The Balaban J connectivity index is 2.43. The Morgan fingerprint density at radius 2 is 1.80 bits per heavy atom. The van der Waals surface area contributed by atoms with E-state index >= 15 is 0 Å². The molecule has 0 spiro atoms. The summed E-state index contributed by atoms with van der Waals surface area (Å²) in [6, 6.07) is 6.59. The van der Waals surface area contributed by atoms with Gasteiger partial charge in [0, 0.05) is 10.2 Å². The van der Waals surface area contributed by atoms with Crippen molar-refractivity contribution in [2.75, 3.05) is 10.5 Å². The van der Waals surface area contributed by atoms with Crippen molar-refractivity contribution in [1.82, 2.24) is 0 Å². The molecule has 4 nitrogen and oxygen atoms in total. The Morgan fingerprint density at radius 1 is 1.10 bits per heavy atom. The Labute approximate surface area is 122 Å². The van der Waals surface area contributed by atoms with Crippen LogP contribution in [-0.2, 0) is 10.0 Å². The molecule has 0 aromatic heterocycles. The van der Waals surface area contributed by atoms with Crippen molar-refractivity contribution in [2.45, 2.75) is 4.90 Å². The fourth-order valence-electron chi connectivity index (χ4n) is 1.51. The van der Waals surface area contributed by atoms with E-state index in [4.69, 9.17) is 5.73 Å². The van der Waals surface area contributed by atoms with Gasteiger partial charge in [0.2, 0.25) is 0 Å². The van der Waals surface area contributed by atoms with Gasteiger partial charge in [0.25, 0.3) is 10.0 Å². The molecule has 3 N–H and O–H groups in total. The molecule has 20 heavy (non-hydrogen) atoms. The third kappa shape index (κ3) is 3.07. The van der Waals surface area contributed by atoms with Crippen LogP contribution in [0, 0.1) is 11.6 Å². The molecule has 0 radical (unpaired) electrons. The number of hydrogen-bond donors (Lipinski definition) is 2. The van der Waals surface area contributed by atoms with Crippen molar-refractivity contribution in [2.24, 2.45) is 0 Å². The first-order valence-electron chi connectivity index (χ1n) is 5.32. The van der Waals surface area contributed by atoms with Crippen LogP contribution in [0.5, 0.6) is 0 Å². The molecular formula is C12H9BrF2N2O2S. The van der Waals surface area contributed by atoms with Crippen molar-refractivity contribution in [3.8, 4) is 0 Å². The van der Waals surface area contributed by atoms with Crippen LogP contribution in [0.4, 0.5) is 20.2 Å². The third-order valence-electron chi connectivity index (χ3n) is 2.42. The summed E-state index contributed by atoms with van der Waals surface area (Å²) in [4.78, 5) is -0.208. The van der Waals surface area contributed by atoms with Crippen LogP contribution in [0.1, 0.15) is 0 Å². The molecule has 106 valence electrons. The molecule has 2 aromatic carbocycles. The molecular weight excluding hydrogens is 354 g/mol. The molecule has 2 aromatic rings. The van der Waals surface area contributed by atoms with Gasteiger partial charge in [-0.1, -0.05) is 0 Å². The first-order chi connectivity index (χ1) is 9.29. The molecule has 0 bridgehead atoms. The number of hydrogen-bond acceptors (Lipinski definition) is 3. The standard InChI is InChI=1S/C12H9BrF2N2O2S/c13-9-5-7(14)1-4-12(9)20(18,19)17-11-6-8(16)2-3-10(11)15/h1-6,17H,16H2. The first-order valence-corrected chi connectivity index (χ1v) is 7.60. The molecule has 0 amide bonds. The lowest BCUT2D eigenvalue weighted by Gasteiger charge is -2.11. The minimum Gasteiger partial charge on any atom is -0.399 e. The molecule has 0 saturated carbocycles. The summed E-state index contributed by atoms with van der Waals surface area (Å²) >= 11 is 2.95. The number of nitrogens with one attached hydrogen (secondary N) is 1. The minimum atomic E-state index is -4.06. The van der Waals surface area contributed by atoms with E-state index in [1.807, 2.05) is 0 Å². The van der Waals surface area contributed by atoms with Crippen LogP contribution < -0.4 is 10.5 Å². The van der Waals surface area contributed by atoms with Crippen molar-refractivity contribution < 1.29 is 17.2 Å². The van der Waals surface area contributed by atoms with Crippen LogP contribution in [0.15, 0.2) is 45.8 Å². The summed E-state index contributed by atoms with van der Waals surface area (Å²) in [5, 5.41) is 0. The van der Waals surface area contributed by atoms with E-state index in [1.54, 1.807) is 0 Å². The van der Waals surface area contributed by atoms with Crippen LogP contribution >= 0.6 is 15.9 Å². The number of benzene rings is 2. The molecule has 0 aliphatic heterocycles. The second kappa shape index (κ2) is 5.37. The Morgan fingerprint density at radius 3 is 2.45 bits per heavy atom. The summed E-state index contributed by atoms with van der Waals surface area (Å²) in [6.07, 6.45) is 0. The number of halogens is 3. The van der Waals surface area contributed by atoms with Gasteiger partial charge < -0.3 is 5.73 Å². The zero-order valence-electron chi connectivity index (χ0n) is 9.90. The number of anilines is 2. The maximum absolute atomic E-state index is 13.5. The van der Waals surface area contributed by atoms with Crippen molar-refractivity contribution in [1.29, 1.82) is 0 Å². The summed E-state index contributed by atoms with van der Waals surface area (Å²) in [5.41, 5.74) is 5.41. The SMILES string of the molecule is Nc1ccc(F)c(NS(=O)(=O)c2ccc(F)cc2Br)c1. The van der Waals surface area contributed by atoms with E-state index in [2.05, 4.69) is 20.7 Å². The maximum atomic E-state index is 13.5. The Bertz CT molecular complexity index is 766. The average molecular weight is 363 g/mol. The molecule has 0 aliphatic carbocycles. The van der Waals surface area contributed by atoms with Gasteiger partial charge in [-0.2, -0.15) is 0 Å². The lowest BCUT2D eigenvalue weighted by atomic mass is 10.3. The van der Waals surface area contributed by atoms with E-state index in [1.165, 1.54) is 6.07 Å². The third-order valence-corrected chi connectivity index (χ3v) is 4.76. The van der Waals surface area contributed by atoms with Crippen LogP contribution in [0.3, 0.4) is 0 Å². The Kier molecular flexibility index (Phi) is 3.96. The van der Waals surface area contributed by atoms with E-state index in [0.717, 1.165) is 30.3 Å². The van der Waals surface area contributed by atoms with Gasteiger partial charge in [-0.25, -0.2) is 17.2 Å². The number of nitrogens with two attached hydrogens (primary N) is 1. The highest BCUT2D eigenvalue weighted by atomic mass is 79.9. The highest BCUT2D eigenvalue weighted by molar-refractivity contribution is 9.10. The lowest BCUT2D eigenvalue weighted by Crippen LogP contribution is -2.15. The van der Waals surface area contributed by atoms with Gasteiger partial charge in [-0.05, 0) is 52.3 Å². The summed E-state index contributed by atoms with van der Waals surface area (Å²) in [7, 11) is -4.06. The van der Waals surface area contributed by atoms with Crippen LogP contribution in [-0.4, -0.2) is 8.42 Å². The van der Waals surface area contributed by atoms with Crippen LogP contribution in [0.2, 0.25) is 0 Å². The van der Waals surface area contributed by atoms with Crippen molar-refractivity contribution in [3.63, 3.8) is 0 Å². The predicted molar refractivity (Wildman–Crippen MR) is 75.7 cm³/mol. The smallest absolute Gasteiger partial charge is 0.263 e. The molecule has 2 rings (SSSR count). The van der Waals surface area contributed by atoms with Gasteiger partial charge >= 0.3 is 0 Å². The predicted octanol–water partition coefficient (Wildman–Crippen LogP) is 3.11. The fourth-order valence-corrected chi connectivity index (χ4v) is 3.62. The average Bonchev–Trinajstić information content (AvgIpc) is 2.33. The fraction of sp³-hybridized carbons (Fsp3) is 0. The molecule has 0 aliphatic rings. The van der Waals surface area contributed by atoms with Crippen LogP contribution in [0.25, 0.3) is 0 Å². The number of nitrogen functional groups attached to an aromatic ring is 1. The molecule has 0 heterocycles. The molecule has 0 atom stereocenters. The molecule has 8 heteroatoms. The van der Waals surface area contributed by atoms with Crippen molar-refractivity contribution in [3.05, 3.63) is 52.5 Å². The minimum absolute atomic E-state index is 0.0364. The Hall–Kier alpha value is -1.67. The topological polar surface area (TPSA) is 72.2 Å². The maximum Gasteiger partial charge on any atom is 0.263 e. The van der Waals surface area contributed by atoms with E-state index in [9.17, 15) is 17.2 Å². The number of sulfonamides is 1. The van der Waals surface area contributed by atoms with Crippen molar-refractivity contribution >= 4 is 37.3 Å². The highest BCUT2D eigenvalue weighted by Crippen LogP contribution is 2.26. The summed E-state index contributed by atoms with van der Waals surface area (Å²) < 4.78 is 52.8. The quantitative estimate of drug-likeness (QED) is 0.824. The largest absolute Gasteiger partial charge is 0.399 e. The van der Waals surface area contributed by atoms with Gasteiger partial charge in [0.05, 0.1) is 5.69 Å². The lowest BCUT2D eigenvalue weighted by molar-refractivity contribution is 0.596. The molecule has 0 saturated heterocycles. The zero-order chi connectivity index (χ0) is 14.9. The summed E-state index contributed by atoms with van der Waals surface area (Å²) in [5.74, 6) is -1.35. The van der Waals surface area contributed by atoms with Gasteiger partial charge in [-0.3, -0.25) is 4.72 Å². The monoisotopic (exact) mass is 362 g/mol. The number of rotatable bonds is 3. The highest BCUT2D eigenvalue weighted by Gasteiger charge is 2.19. The van der Waals surface area contributed by atoms with E-state index in [0.29, 0.717) is 0 Å². The van der Waals surface area contributed by atoms with Gasteiger partial charge in [0.1, 0.15) is 16.5 Å². The second-order valence-electron chi connectivity index (χ2n) is 3.92. The molecule has 0 unspecified atom stereocenters. The van der Waals surface area contributed by atoms with E-state index < -0.39 is 21.7 Å². The van der Waals surface area contributed by atoms with Gasteiger partial charge in [0.15, 0.2) is 0 Å². The zero-order valence-corrected chi connectivity index (χ0v) is 12.3. The van der Waals surface area contributed by atoms with E-state index in [-0.39, 0.29) is 20.7 Å².